The third-order valence-corrected chi connectivity index (χ3v) is 5.77. The largest absolute Gasteiger partial charge is 0.353 e. The second kappa shape index (κ2) is 10.5. The van der Waals surface area contributed by atoms with E-state index >= 15 is 0 Å². The van der Waals surface area contributed by atoms with Crippen LogP contribution < -0.4 is 16.0 Å². The summed E-state index contributed by atoms with van der Waals surface area (Å²) in [7, 11) is 0. The van der Waals surface area contributed by atoms with Crippen LogP contribution >= 0.6 is 36.4 Å². The Morgan fingerprint density at radius 2 is 2.08 bits per heavy atom. The summed E-state index contributed by atoms with van der Waals surface area (Å²) in [6.45, 7) is 2.24. The van der Waals surface area contributed by atoms with Crippen molar-refractivity contribution in [1.29, 1.82) is 0 Å². The lowest BCUT2D eigenvalue weighted by Crippen LogP contribution is -2.42. The molecule has 0 radical (unpaired) electrons. The van der Waals surface area contributed by atoms with Crippen LogP contribution in [0.3, 0.4) is 0 Å². The number of nitrogens with one attached hydrogen (secondary N) is 1. The second-order valence-corrected chi connectivity index (χ2v) is 7.66. The highest BCUT2D eigenvalue weighted by Gasteiger charge is 2.34. The van der Waals surface area contributed by atoms with Crippen LogP contribution in [0.2, 0.25) is 5.02 Å². The van der Waals surface area contributed by atoms with E-state index in [1.807, 2.05) is 12.1 Å². The monoisotopic (exact) mass is 422 g/mol. The molecule has 1 amide bonds. The molecule has 0 bridgehead atoms. The number of amides is 1. The first-order valence-corrected chi connectivity index (χ1v) is 9.35. The Labute approximate surface area is 173 Å². The molecule has 1 saturated carbocycles. The molecule has 0 spiro atoms. The van der Waals surface area contributed by atoms with Gasteiger partial charge in [-0.15, -0.1) is 24.8 Å². The number of aromatic nitrogens is 1. The molecule has 1 unspecified atom stereocenters. The Morgan fingerprint density at radius 3 is 2.73 bits per heavy atom. The smallest absolute Gasteiger partial charge is 0.220 e. The quantitative estimate of drug-likeness (QED) is 0.759. The first-order valence-electron chi connectivity index (χ1n) is 8.97. The Balaban J connectivity index is 0.00000169. The molecule has 8 heteroatoms. The zero-order valence-corrected chi connectivity index (χ0v) is 17.3. The van der Waals surface area contributed by atoms with Gasteiger partial charge >= 0.3 is 0 Å². The maximum absolute atomic E-state index is 12.5. The number of nitrogens with two attached hydrogens (primary N) is 1. The maximum Gasteiger partial charge on any atom is 0.220 e. The van der Waals surface area contributed by atoms with E-state index in [0.717, 1.165) is 38.2 Å². The van der Waals surface area contributed by atoms with Crippen molar-refractivity contribution in [3.05, 3.63) is 23.4 Å². The van der Waals surface area contributed by atoms with Crippen LogP contribution in [0.5, 0.6) is 0 Å². The topological polar surface area (TPSA) is 71.2 Å². The first kappa shape index (κ1) is 23.3. The minimum Gasteiger partial charge on any atom is -0.353 e. The van der Waals surface area contributed by atoms with Gasteiger partial charge in [0.25, 0.3) is 0 Å². The first-order chi connectivity index (χ1) is 11.6. The average molecular weight is 424 g/mol. The fraction of sp³-hybridized carbons (Fsp3) is 0.667. The Hall–Kier alpha value is -0.750. The van der Waals surface area contributed by atoms with Crippen LogP contribution in [-0.4, -0.2) is 36.6 Å². The summed E-state index contributed by atoms with van der Waals surface area (Å²) in [6, 6.07) is 3.84. The predicted molar refractivity (Wildman–Crippen MR) is 112 cm³/mol. The van der Waals surface area contributed by atoms with Gasteiger partial charge in [-0.1, -0.05) is 30.9 Å². The van der Waals surface area contributed by atoms with E-state index in [0.29, 0.717) is 18.0 Å². The van der Waals surface area contributed by atoms with Gasteiger partial charge in [0.15, 0.2) is 0 Å². The fourth-order valence-corrected chi connectivity index (χ4v) is 4.30. The number of nitrogens with zero attached hydrogens (tertiary/aromatic N) is 2. The number of rotatable bonds is 5. The van der Waals surface area contributed by atoms with Crippen LogP contribution in [0.25, 0.3) is 0 Å². The number of pyridine rings is 1. The standard InChI is InChI=1S/C18H27ClN4O.2ClH/c19-15-5-4-9-21-17(15)23-10-6-14(12-23)22-16(24)11-18(13-20)7-2-1-3-8-18;;/h4-5,9,14H,1-3,6-8,10-13,20H2,(H,22,24);2*1H. The third kappa shape index (κ3) is 5.62. The van der Waals surface area contributed by atoms with E-state index in [1.54, 1.807) is 6.20 Å². The average Bonchev–Trinajstić information content (AvgIpc) is 3.04. The van der Waals surface area contributed by atoms with Gasteiger partial charge in [0.05, 0.1) is 5.02 Å². The summed E-state index contributed by atoms with van der Waals surface area (Å²) in [4.78, 5) is 19.0. The number of halogens is 3. The maximum atomic E-state index is 12.5. The predicted octanol–water partition coefficient (Wildman–Crippen LogP) is 3.57. The Morgan fingerprint density at radius 1 is 1.35 bits per heavy atom. The highest BCUT2D eigenvalue weighted by atomic mass is 35.5. The van der Waals surface area contributed by atoms with E-state index < -0.39 is 0 Å². The van der Waals surface area contributed by atoms with Gasteiger partial charge < -0.3 is 16.0 Å². The molecule has 3 N–H and O–H groups in total. The zero-order valence-electron chi connectivity index (χ0n) is 15.0. The molecular weight excluding hydrogens is 395 g/mol. The molecule has 5 nitrogen and oxygen atoms in total. The lowest BCUT2D eigenvalue weighted by molar-refractivity contribution is -0.124. The highest BCUT2D eigenvalue weighted by Crippen LogP contribution is 2.38. The molecule has 1 atom stereocenters. The lowest BCUT2D eigenvalue weighted by Gasteiger charge is -2.36. The van der Waals surface area contributed by atoms with E-state index in [4.69, 9.17) is 17.3 Å². The van der Waals surface area contributed by atoms with Crippen LogP contribution in [0.1, 0.15) is 44.9 Å². The second-order valence-electron chi connectivity index (χ2n) is 7.25. The van der Waals surface area contributed by atoms with Gasteiger partial charge in [0.2, 0.25) is 5.91 Å². The summed E-state index contributed by atoms with van der Waals surface area (Å²) in [5.74, 6) is 0.947. The molecule has 1 aromatic rings. The van der Waals surface area contributed by atoms with E-state index in [9.17, 15) is 4.79 Å². The van der Waals surface area contributed by atoms with Gasteiger partial charge in [-0.25, -0.2) is 4.98 Å². The summed E-state index contributed by atoms with van der Waals surface area (Å²) in [5.41, 5.74) is 6.02. The molecule has 2 heterocycles. The van der Waals surface area contributed by atoms with E-state index in [2.05, 4.69) is 15.2 Å². The van der Waals surface area contributed by atoms with E-state index in [1.165, 1.54) is 19.3 Å². The Bertz CT molecular complexity index is 581. The highest BCUT2D eigenvalue weighted by molar-refractivity contribution is 6.32. The molecule has 0 aromatic carbocycles. The van der Waals surface area contributed by atoms with Crippen LogP contribution in [0.15, 0.2) is 18.3 Å². The molecular formula is C18H29Cl3N4O. The van der Waals surface area contributed by atoms with Gasteiger partial charge in [0, 0.05) is 31.7 Å². The summed E-state index contributed by atoms with van der Waals surface area (Å²) in [6.07, 6.45) is 9.06. The molecule has 2 fully saturated rings. The number of carbonyl (C=O) groups is 1. The van der Waals surface area contributed by atoms with Gasteiger partial charge in [-0.2, -0.15) is 0 Å². The molecule has 1 aliphatic carbocycles. The van der Waals surface area contributed by atoms with Crippen molar-refractivity contribution in [3.63, 3.8) is 0 Å². The molecule has 148 valence electrons. The van der Waals surface area contributed by atoms with Crippen molar-refractivity contribution >= 4 is 48.1 Å². The fourth-order valence-electron chi connectivity index (χ4n) is 4.05. The van der Waals surface area contributed by atoms with Crippen molar-refractivity contribution in [2.45, 2.75) is 51.0 Å². The van der Waals surface area contributed by atoms with Crippen molar-refractivity contribution < 1.29 is 4.79 Å². The summed E-state index contributed by atoms with van der Waals surface area (Å²) >= 11 is 6.22. The SMILES string of the molecule is Cl.Cl.NCC1(CC(=O)NC2CCN(c3ncccc3Cl)C2)CCCCC1. The van der Waals surface area contributed by atoms with Crippen LogP contribution in [0.4, 0.5) is 5.82 Å². The number of hydrogen-bond acceptors (Lipinski definition) is 4. The van der Waals surface area contributed by atoms with Gasteiger partial charge in [0.1, 0.15) is 5.82 Å². The molecule has 1 aliphatic heterocycles. The number of hydrogen-bond donors (Lipinski definition) is 2. The van der Waals surface area contributed by atoms with Gasteiger partial charge in [-0.3, -0.25) is 4.79 Å². The molecule has 26 heavy (non-hydrogen) atoms. The summed E-state index contributed by atoms with van der Waals surface area (Å²) in [5, 5.41) is 3.86. The number of anilines is 1. The van der Waals surface area contributed by atoms with Crippen LogP contribution in [0, 0.1) is 5.41 Å². The normalized spacial score (nSPS) is 21.5. The molecule has 2 aliphatic rings. The molecule has 3 rings (SSSR count). The molecule has 1 aromatic heterocycles. The summed E-state index contributed by atoms with van der Waals surface area (Å²) < 4.78 is 0. The number of carbonyl (C=O) groups excluding carboxylic acids is 1. The van der Waals surface area contributed by atoms with Crippen LogP contribution in [-0.2, 0) is 4.79 Å². The van der Waals surface area contributed by atoms with E-state index in [-0.39, 0.29) is 42.2 Å². The zero-order chi connectivity index (χ0) is 17.0. The Kier molecular flexibility index (Phi) is 9.45. The van der Waals surface area contributed by atoms with Crippen molar-refractivity contribution in [3.8, 4) is 0 Å². The minimum atomic E-state index is 0. The van der Waals surface area contributed by atoms with Crippen molar-refractivity contribution in [2.75, 3.05) is 24.5 Å². The van der Waals surface area contributed by atoms with Crippen molar-refractivity contribution in [2.24, 2.45) is 11.1 Å². The van der Waals surface area contributed by atoms with Crippen molar-refractivity contribution in [1.82, 2.24) is 10.3 Å². The van der Waals surface area contributed by atoms with Gasteiger partial charge in [-0.05, 0) is 43.4 Å². The minimum absolute atomic E-state index is 0. The third-order valence-electron chi connectivity index (χ3n) is 5.47. The molecule has 1 saturated heterocycles. The lowest BCUT2D eigenvalue weighted by atomic mass is 9.71.